The Balaban J connectivity index is 0.00000225. The van der Waals surface area contributed by atoms with Crippen LogP contribution in [0.25, 0.3) is 10.4 Å². The summed E-state index contributed by atoms with van der Waals surface area (Å²) in [7, 11) is 0. The van der Waals surface area contributed by atoms with Gasteiger partial charge in [-0.3, -0.25) is 4.79 Å². The number of halogens is 1. The van der Waals surface area contributed by atoms with E-state index in [2.05, 4.69) is 67.4 Å². The van der Waals surface area contributed by atoms with Crippen molar-refractivity contribution in [3.05, 3.63) is 46.8 Å². The van der Waals surface area contributed by atoms with Crippen molar-refractivity contribution >= 4 is 29.7 Å². The van der Waals surface area contributed by atoms with E-state index in [1.165, 1.54) is 20.9 Å². The average molecular weight is 419 g/mol. The molecule has 5 heteroatoms. The van der Waals surface area contributed by atoms with Crippen molar-refractivity contribution in [2.45, 2.75) is 52.6 Å². The van der Waals surface area contributed by atoms with Crippen LogP contribution in [0.2, 0.25) is 0 Å². The molecule has 1 aromatic heterocycles. The van der Waals surface area contributed by atoms with Gasteiger partial charge in [0.15, 0.2) is 0 Å². The normalized spacial score (nSPS) is 20.1. The summed E-state index contributed by atoms with van der Waals surface area (Å²) in [4.78, 5) is 17.9. The molecule has 1 aliphatic carbocycles. The number of carbonyl (C=O) groups excluding carboxylic acids is 1. The fourth-order valence-corrected chi connectivity index (χ4v) is 5.61. The van der Waals surface area contributed by atoms with Gasteiger partial charge in [0.2, 0.25) is 5.91 Å². The zero-order valence-electron chi connectivity index (χ0n) is 17.0. The summed E-state index contributed by atoms with van der Waals surface area (Å²) in [6.45, 7) is 9.31. The van der Waals surface area contributed by atoms with Gasteiger partial charge in [-0.25, -0.2) is 0 Å². The van der Waals surface area contributed by atoms with Crippen LogP contribution in [0.5, 0.6) is 0 Å². The zero-order chi connectivity index (χ0) is 19.0. The van der Waals surface area contributed by atoms with E-state index in [-0.39, 0.29) is 24.4 Å². The number of hydrogen-bond donors (Lipinski definition) is 1. The van der Waals surface area contributed by atoms with Crippen LogP contribution in [0.3, 0.4) is 0 Å². The lowest BCUT2D eigenvalue weighted by Gasteiger charge is -2.29. The van der Waals surface area contributed by atoms with Gasteiger partial charge in [0, 0.05) is 21.7 Å². The van der Waals surface area contributed by atoms with Crippen LogP contribution < -0.4 is 5.32 Å². The summed E-state index contributed by atoms with van der Waals surface area (Å²) >= 11 is 1.82. The molecule has 1 N–H and O–H groups in total. The standard InChI is InChI=1S/C23H30N2OS.ClH/c1-16(2)25(22(26)20-14-23(20)10-12-24-13-11-23)15-18-8-9-21(27-18)19-7-5-4-6-17(19)3;/h4-9,16,20,24H,10-15H2,1-3H3;1H. The summed E-state index contributed by atoms with van der Waals surface area (Å²) < 4.78 is 0. The first-order valence-electron chi connectivity index (χ1n) is 10.2. The van der Waals surface area contributed by atoms with Crippen LogP contribution in [0.15, 0.2) is 36.4 Å². The maximum absolute atomic E-state index is 13.3. The molecule has 3 nitrogen and oxygen atoms in total. The lowest BCUT2D eigenvalue weighted by atomic mass is 9.91. The van der Waals surface area contributed by atoms with Gasteiger partial charge in [-0.15, -0.1) is 23.7 Å². The number of thiophene rings is 1. The number of piperidine rings is 1. The highest BCUT2D eigenvalue weighted by molar-refractivity contribution is 7.15. The number of benzene rings is 1. The van der Waals surface area contributed by atoms with Gasteiger partial charge in [-0.1, -0.05) is 24.3 Å². The maximum atomic E-state index is 13.3. The fraction of sp³-hybridized carbons (Fsp3) is 0.522. The molecule has 1 saturated carbocycles. The molecule has 1 spiro atoms. The second-order valence-electron chi connectivity index (χ2n) is 8.51. The highest BCUT2D eigenvalue weighted by Crippen LogP contribution is 2.59. The fourth-order valence-electron chi connectivity index (χ4n) is 4.51. The van der Waals surface area contributed by atoms with E-state index in [9.17, 15) is 4.79 Å². The molecule has 1 unspecified atom stereocenters. The van der Waals surface area contributed by atoms with Crippen molar-refractivity contribution in [1.82, 2.24) is 10.2 Å². The maximum Gasteiger partial charge on any atom is 0.226 e. The Morgan fingerprint density at radius 1 is 1.21 bits per heavy atom. The smallest absolute Gasteiger partial charge is 0.226 e. The molecule has 2 heterocycles. The quantitative estimate of drug-likeness (QED) is 0.717. The molecule has 1 aliphatic heterocycles. The van der Waals surface area contributed by atoms with Crippen LogP contribution >= 0.6 is 23.7 Å². The lowest BCUT2D eigenvalue weighted by Crippen LogP contribution is -2.39. The molecular weight excluding hydrogens is 388 g/mol. The number of rotatable bonds is 5. The van der Waals surface area contributed by atoms with E-state index < -0.39 is 0 Å². The molecule has 0 radical (unpaired) electrons. The molecule has 1 amide bonds. The minimum atomic E-state index is 0. The molecule has 4 rings (SSSR count). The molecule has 1 saturated heterocycles. The Bertz CT molecular complexity index is 826. The number of aryl methyl sites for hydroxylation is 1. The van der Waals surface area contributed by atoms with Crippen LogP contribution in [-0.4, -0.2) is 29.9 Å². The Morgan fingerprint density at radius 2 is 1.93 bits per heavy atom. The van der Waals surface area contributed by atoms with Gasteiger partial charge in [0.1, 0.15) is 0 Å². The second kappa shape index (κ2) is 8.56. The van der Waals surface area contributed by atoms with Crippen LogP contribution in [0.4, 0.5) is 0 Å². The number of hydrogen-bond acceptors (Lipinski definition) is 3. The molecule has 1 aromatic carbocycles. The Hall–Kier alpha value is -1.36. The third kappa shape index (κ3) is 4.14. The number of carbonyl (C=O) groups is 1. The summed E-state index contributed by atoms with van der Waals surface area (Å²) in [6, 6.07) is 13.2. The second-order valence-corrected chi connectivity index (χ2v) is 9.68. The van der Waals surface area contributed by atoms with Gasteiger partial charge >= 0.3 is 0 Å². The van der Waals surface area contributed by atoms with E-state index in [1.54, 1.807) is 0 Å². The lowest BCUT2D eigenvalue weighted by molar-refractivity contribution is -0.136. The van der Waals surface area contributed by atoms with Crippen molar-refractivity contribution in [1.29, 1.82) is 0 Å². The Morgan fingerprint density at radius 3 is 2.61 bits per heavy atom. The van der Waals surface area contributed by atoms with Crippen LogP contribution in [0.1, 0.15) is 43.6 Å². The predicted octanol–water partition coefficient (Wildman–Crippen LogP) is 5.27. The molecule has 2 aliphatic rings. The highest BCUT2D eigenvalue weighted by atomic mass is 35.5. The third-order valence-electron chi connectivity index (χ3n) is 6.39. The average Bonchev–Trinajstić information content (AvgIpc) is 3.13. The summed E-state index contributed by atoms with van der Waals surface area (Å²) in [5.41, 5.74) is 2.90. The van der Waals surface area contributed by atoms with E-state index in [4.69, 9.17) is 0 Å². The van der Waals surface area contributed by atoms with Crippen molar-refractivity contribution in [3.8, 4) is 10.4 Å². The number of nitrogens with one attached hydrogen (secondary N) is 1. The molecule has 1 atom stereocenters. The third-order valence-corrected chi connectivity index (χ3v) is 7.50. The summed E-state index contributed by atoms with van der Waals surface area (Å²) in [5, 5.41) is 3.43. The number of nitrogens with zero attached hydrogens (tertiary/aromatic N) is 1. The molecule has 28 heavy (non-hydrogen) atoms. The molecule has 2 aromatic rings. The molecular formula is C23H31ClN2OS. The largest absolute Gasteiger partial charge is 0.335 e. The zero-order valence-corrected chi connectivity index (χ0v) is 18.7. The highest BCUT2D eigenvalue weighted by Gasteiger charge is 2.58. The first-order chi connectivity index (χ1) is 13.0. The first kappa shape index (κ1) is 21.4. The van der Waals surface area contributed by atoms with E-state index in [1.807, 2.05) is 11.3 Å². The summed E-state index contributed by atoms with van der Waals surface area (Å²) in [6.07, 6.45) is 3.41. The van der Waals surface area contributed by atoms with E-state index >= 15 is 0 Å². The molecule has 2 fully saturated rings. The monoisotopic (exact) mass is 418 g/mol. The minimum Gasteiger partial charge on any atom is -0.335 e. The predicted molar refractivity (Wildman–Crippen MR) is 120 cm³/mol. The van der Waals surface area contributed by atoms with Crippen molar-refractivity contribution in [2.75, 3.05) is 13.1 Å². The van der Waals surface area contributed by atoms with Crippen molar-refractivity contribution in [2.24, 2.45) is 11.3 Å². The van der Waals surface area contributed by atoms with Gasteiger partial charge < -0.3 is 10.2 Å². The van der Waals surface area contributed by atoms with Gasteiger partial charge in [0.25, 0.3) is 0 Å². The first-order valence-corrected chi connectivity index (χ1v) is 11.0. The van der Waals surface area contributed by atoms with Gasteiger partial charge in [-0.2, -0.15) is 0 Å². The summed E-state index contributed by atoms with van der Waals surface area (Å²) in [5.74, 6) is 0.621. The SMILES string of the molecule is Cc1ccccc1-c1ccc(CN(C(=O)C2CC23CCNCC3)C(C)C)s1.Cl. The van der Waals surface area contributed by atoms with Crippen LogP contribution in [0, 0.1) is 18.3 Å². The van der Waals surface area contributed by atoms with Crippen LogP contribution in [-0.2, 0) is 11.3 Å². The molecule has 0 bridgehead atoms. The Labute approximate surface area is 178 Å². The van der Waals surface area contributed by atoms with Crippen molar-refractivity contribution < 1.29 is 4.79 Å². The van der Waals surface area contributed by atoms with Gasteiger partial charge in [0.05, 0.1) is 6.54 Å². The minimum absolute atomic E-state index is 0. The molecule has 152 valence electrons. The number of amides is 1. The van der Waals surface area contributed by atoms with Crippen molar-refractivity contribution in [3.63, 3.8) is 0 Å². The Kier molecular flexibility index (Phi) is 6.53. The van der Waals surface area contributed by atoms with E-state index in [0.29, 0.717) is 11.3 Å². The topological polar surface area (TPSA) is 32.3 Å². The van der Waals surface area contributed by atoms with Gasteiger partial charge in [-0.05, 0) is 81.8 Å². The van der Waals surface area contributed by atoms with E-state index in [0.717, 1.165) is 38.9 Å².